The minimum Gasteiger partial charge on any atom is -0.384 e. The molecule has 1 unspecified atom stereocenters. The smallest absolute Gasteiger partial charge is 0.146 e. The Labute approximate surface area is 121 Å². The summed E-state index contributed by atoms with van der Waals surface area (Å²) in [6, 6.07) is 12.2. The summed E-state index contributed by atoms with van der Waals surface area (Å²) in [6.07, 6.45) is 0.265. The van der Waals surface area contributed by atoms with Crippen LogP contribution < -0.4 is 5.32 Å². The van der Waals surface area contributed by atoms with E-state index in [1.807, 2.05) is 24.3 Å². The van der Waals surface area contributed by atoms with E-state index < -0.39 is 5.82 Å². The summed E-state index contributed by atoms with van der Waals surface area (Å²) < 4.78 is 13.1. The predicted molar refractivity (Wildman–Crippen MR) is 77.8 cm³/mol. The average molecular weight is 290 g/mol. The molecule has 0 spiro atoms. The second kappa shape index (κ2) is 5.25. The highest BCUT2D eigenvalue weighted by molar-refractivity contribution is 6.30. The maximum atomic E-state index is 13.1. The van der Waals surface area contributed by atoms with E-state index in [1.165, 1.54) is 12.1 Å². The van der Waals surface area contributed by atoms with E-state index in [0.717, 1.165) is 16.8 Å². The first kappa shape index (κ1) is 13.1. The molecule has 0 saturated heterocycles. The molecule has 20 heavy (non-hydrogen) atoms. The van der Waals surface area contributed by atoms with Gasteiger partial charge in [0.05, 0.1) is 10.9 Å². The molecule has 0 aromatic heterocycles. The molecule has 1 heterocycles. The summed E-state index contributed by atoms with van der Waals surface area (Å²) in [5.74, 6) is -0.490. The van der Waals surface area contributed by atoms with E-state index >= 15 is 0 Å². The standard InChI is InChI=1S/C16H13ClFNO/c17-13-7-10(5-6-14(13)18)8-16(20)12-9-19-15-4-2-1-3-11(12)15/h1-7,12,19H,8-9H2. The Morgan fingerprint density at radius 1 is 1.30 bits per heavy atom. The van der Waals surface area contributed by atoms with Gasteiger partial charge >= 0.3 is 0 Å². The summed E-state index contributed by atoms with van der Waals surface area (Å²) in [5.41, 5.74) is 2.79. The number of carbonyl (C=O) groups is 1. The fourth-order valence-electron chi connectivity index (χ4n) is 2.55. The normalized spacial score (nSPS) is 16.6. The average Bonchev–Trinajstić information content (AvgIpc) is 2.87. The van der Waals surface area contributed by atoms with Crippen LogP contribution in [0.1, 0.15) is 17.0 Å². The Hall–Kier alpha value is -1.87. The highest BCUT2D eigenvalue weighted by Crippen LogP contribution is 2.32. The maximum Gasteiger partial charge on any atom is 0.146 e. The van der Waals surface area contributed by atoms with Crippen molar-refractivity contribution in [2.45, 2.75) is 12.3 Å². The topological polar surface area (TPSA) is 29.1 Å². The van der Waals surface area contributed by atoms with E-state index in [1.54, 1.807) is 6.07 Å². The largest absolute Gasteiger partial charge is 0.384 e. The SMILES string of the molecule is O=C(Cc1ccc(F)c(Cl)c1)C1CNc2ccccc21. The van der Waals surface area contributed by atoms with E-state index in [-0.39, 0.29) is 23.1 Å². The van der Waals surface area contributed by atoms with Crippen LogP contribution in [0.15, 0.2) is 42.5 Å². The second-order valence-corrected chi connectivity index (χ2v) is 5.32. The van der Waals surface area contributed by atoms with Crippen LogP contribution >= 0.6 is 11.6 Å². The van der Waals surface area contributed by atoms with Crippen molar-refractivity contribution in [2.75, 3.05) is 11.9 Å². The van der Waals surface area contributed by atoms with Crippen molar-refractivity contribution in [1.29, 1.82) is 0 Å². The maximum absolute atomic E-state index is 13.1. The lowest BCUT2D eigenvalue weighted by molar-refractivity contribution is -0.119. The molecule has 0 amide bonds. The number of rotatable bonds is 3. The summed E-state index contributed by atoms with van der Waals surface area (Å²) in [5, 5.41) is 3.29. The van der Waals surface area contributed by atoms with Gasteiger partial charge < -0.3 is 5.32 Å². The third kappa shape index (κ3) is 2.41. The van der Waals surface area contributed by atoms with Gasteiger partial charge in [-0.2, -0.15) is 0 Å². The number of para-hydroxylation sites is 1. The summed E-state index contributed by atoms with van der Waals surface area (Å²) in [6.45, 7) is 0.618. The van der Waals surface area contributed by atoms with Crippen molar-refractivity contribution >= 4 is 23.1 Å². The van der Waals surface area contributed by atoms with Crippen LogP contribution in [0.3, 0.4) is 0 Å². The summed E-state index contributed by atoms with van der Waals surface area (Å²) >= 11 is 5.74. The van der Waals surface area contributed by atoms with E-state index in [4.69, 9.17) is 11.6 Å². The Morgan fingerprint density at radius 3 is 2.90 bits per heavy atom. The first-order valence-electron chi connectivity index (χ1n) is 6.44. The fourth-order valence-corrected chi connectivity index (χ4v) is 2.75. The number of ketones is 1. The highest BCUT2D eigenvalue weighted by Gasteiger charge is 2.27. The predicted octanol–water partition coefficient (Wildman–Crippen LogP) is 3.80. The molecule has 1 N–H and O–H groups in total. The van der Waals surface area contributed by atoms with Gasteiger partial charge in [-0.15, -0.1) is 0 Å². The molecular weight excluding hydrogens is 277 g/mol. The molecule has 0 aliphatic carbocycles. The first-order chi connectivity index (χ1) is 9.65. The zero-order valence-electron chi connectivity index (χ0n) is 10.7. The zero-order valence-corrected chi connectivity index (χ0v) is 11.5. The molecule has 3 rings (SSSR count). The van der Waals surface area contributed by atoms with Crippen LogP contribution in [0.2, 0.25) is 5.02 Å². The Bertz CT molecular complexity index is 671. The number of nitrogens with one attached hydrogen (secondary N) is 1. The molecule has 0 saturated carbocycles. The molecule has 1 atom stereocenters. The van der Waals surface area contributed by atoms with E-state index in [2.05, 4.69) is 5.32 Å². The number of carbonyl (C=O) groups excluding carboxylic acids is 1. The van der Waals surface area contributed by atoms with Crippen LogP contribution in [0.5, 0.6) is 0 Å². The lowest BCUT2D eigenvalue weighted by Gasteiger charge is -2.09. The summed E-state index contributed by atoms with van der Waals surface area (Å²) in [4.78, 5) is 12.4. The fraction of sp³-hybridized carbons (Fsp3) is 0.188. The highest BCUT2D eigenvalue weighted by atomic mass is 35.5. The van der Waals surface area contributed by atoms with Crippen molar-refractivity contribution < 1.29 is 9.18 Å². The van der Waals surface area contributed by atoms with Gasteiger partial charge in [0.2, 0.25) is 0 Å². The van der Waals surface area contributed by atoms with Crippen molar-refractivity contribution in [3.8, 4) is 0 Å². The van der Waals surface area contributed by atoms with Gasteiger partial charge in [-0.25, -0.2) is 4.39 Å². The number of benzene rings is 2. The van der Waals surface area contributed by atoms with Gasteiger partial charge in [-0.1, -0.05) is 35.9 Å². The van der Waals surface area contributed by atoms with Crippen molar-refractivity contribution in [1.82, 2.24) is 0 Å². The first-order valence-corrected chi connectivity index (χ1v) is 6.82. The van der Waals surface area contributed by atoms with Crippen LogP contribution in [0, 0.1) is 5.82 Å². The minimum absolute atomic E-state index is 0.0558. The third-order valence-corrected chi connectivity index (χ3v) is 3.87. The Morgan fingerprint density at radius 2 is 2.10 bits per heavy atom. The van der Waals surface area contributed by atoms with Crippen LogP contribution in [0.4, 0.5) is 10.1 Å². The number of hydrogen-bond donors (Lipinski definition) is 1. The number of hydrogen-bond acceptors (Lipinski definition) is 2. The molecule has 2 aromatic carbocycles. The lowest BCUT2D eigenvalue weighted by Crippen LogP contribution is -2.16. The van der Waals surface area contributed by atoms with Crippen LogP contribution in [-0.4, -0.2) is 12.3 Å². The number of anilines is 1. The molecule has 1 aliphatic heterocycles. The molecular formula is C16H13ClFNO. The van der Waals surface area contributed by atoms with E-state index in [9.17, 15) is 9.18 Å². The quantitative estimate of drug-likeness (QED) is 0.931. The summed E-state index contributed by atoms with van der Waals surface area (Å²) in [7, 11) is 0. The van der Waals surface area contributed by atoms with Crippen molar-refractivity contribution in [3.63, 3.8) is 0 Å². The van der Waals surface area contributed by atoms with Gasteiger partial charge in [0, 0.05) is 18.7 Å². The number of halogens is 2. The van der Waals surface area contributed by atoms with Gasteiger partial charge in [-0.05, 0) is 29.3 Å². The Kier molecular flexibility index (Phi) is 3.45. The molecule has 0 radical (unpaired) electrons. The van der Waals surface area contributed by atoms with Crippen LogP contribution in [-0.2, 0) is 11.2 Å². The molecule has 0 bridgehead atoms. The number of Topliss-reactive ketones (excluding diaryl/α,β-unsaturated/α-hetero) is 1. The lowest BCUT2D eigenvalue weighted by atomic mass is 9.93. The molecule has 4 heteroatoms. The zero-order chi connectivity index (χ0) is 14.1. The third-order valence-electron chi connectivity index (χ3n) is 3.58. The van der Waals surface area contributed by atoms with E-state index in [0.29, 0.717) is 6.54 Å². The van der Waals surface area contributed by atoms with Gasteiger partial charge in [0.15, 0.2) is 0 Å². The molecule has 1 aliphatic rings. The molecule has 102 valence electrons. The molecule has 2 nitrogen and oxygen atoms in total. The Balaban J connectivity index is 1.79. The number of fused-ring (bicyclic) bond motifs is 1. The van der Waals surface area contributed by atoms with Crippen molar-refractivity contribution in [2.24, 2.45) is 0 Å². The van der Waals surface area contributed by atoms with Gasteiger partial charge in [0.1, 0.15) is 11.6 Å². The van der Waals surface area contributed by atoms with Gasteiger partial charge in [0.25, 0.3) is 0 Å². The molecule has 2 aromatic rings. The monoisotopic (exact) mass is 289 g/mol. The molecule has 0 fully saturated rings. The van der Waals surface area contributed by atoms with Gasteiger partial charge in [-0.3, -0.25) is 4.79 Å². The van der Waals surface area contributed by atoms with Crippen molar-refractivity contribution in [3.05, 3.63) is 64.4 Å². The van der Waals surface area contributed by atoms with Crippen LogP contribution in [0.25, 0.3) is 0 Å². The minimum atomic E-state index is -0.462. The second-order valence-electron chi connectivity index (χ2n) is 4.91.